The predicted octanol–water partition coefficient (Wildman–Crippen LogP) is 3.32. The normalized spacial score (nSPS) is 10.2. The van der Waals surface area contributed by atoms with E-state index in [-0.39, 0.29) is 11.7 Å². The van der Waals surface area contributed by atoms with E-state index < -0.39 is 0 Å². The molecule has 88 valence electrons. The maximum atomic E-state index is 11.8. The average molecular weight is 247 g/mol. The topological polar surface area (TPSA) is 49.3 Å². The summed E-state index contributed by atoms with van der Waals surface area (Å²) in [5, 5.41) is 12.3. The molecule has 17 heavy (non-hydrogen) atoms. The van der Waals surface area contributed by atoms with Crippen LogP contribution in [-0.2, 0) is 0 Å². The highest BCUT2D eigenvalue weighted by atomic mass is 32.1. The van der Waals surface area contributed by atoms with Gasteiger partial charge in [0, 0.05) is 16.6 Å². The number of hydrogen-bond acceptors (Lipinski definition) is 3. The van der Waals surface area contributed by atoms with Crippen molar-refractivity contribution >= 4 is 22.9 Å². The van der Waals surface area contributed by atoms with Gasteiger partial charge in [-0.3, -0.25) is 4.79 Å². The Kier molecular flexibility index (Phi) is 3.15. The number of hydrogen-bond donors (Lipinski definition) is 2. The van der Waals surface area contributed by atoms with Gasteiger partial charge in [0.2, 0.25) is 0 Å². The summed E-state index contributed by atoms with van der Waals surface area (Å²) in [6.45, 7) is 3.77. The molecule has 0 bridgehead atoms. The van der Waals surface area contributed by atoms with Crippen LogP contribution in [0.15, 0.2) is 30.3 Å². The Morgan fingerprint density at radius 1 is 1.24 bits per heavy atom. The molecule has 1 amide bonds. The van der Waals surface area contributed by atoms with Crippen LogP contribution in [0.5, 0.6) is 5.75 Å². The lowest BCUT2D eigenvalue weighted by Crippen LogP contribution is -2.09. The zero-order chi connectivity index (χ0) is 12.4. The molecule has 1 aromatic heterocycles. The predicted molar refractivity (Wildman–Crippen MR) is 69.9 cm³/mol. The first-order chi connectivity index (χ1) is 8.06. The molecule has 1 aromatic carbocycles. The van der Waals surface area contributed by atoms with Crippen molar-refractivity contribution in [2.75, 3.05) is 5.32 Å². The van der Waals surface area contributed by atoms with Gasteiger partial charge in [0.15, 0.2) is 0 Å². The molecule has 0 unspecified atom stereocenters. The van der Waals surface area contributed by atoms with Gasteiger partial charge in [-0.2, -0.15) is 0 Å². The molecule has 0 aliphatic carbocycles. The number of phenols is 1. The van der Waals surface area contributed by atoms with Crippen LogP contribution in [0.2, 0.25) is 0 Å². The van der Waals surface area contributed by atoms with Crippen molar-refractivity contribution in [3.05, 3.63) is 45.6 Å². The number of carbonyl (C=O) groups is 1. The van der Waals surface area contributed by atoms with Crippen LogP contribution in [0.1, 0.15) is 20.1 Å². The van der Waals surface area contributed by atoms with Crippen molar-refractivity contribution in [3.63, 3.8) is 0 Å². The fourth-order valence-electron chi connectivity index (χ4n) is 1.44. The van der Waals surface area contributed by atoms with Crippen LogP contribution in [0.25, 0.3) is 0 Å². The number of rotatable bonds is 2. The first kappa shape index (κ1) is 11.7. The zero-order valence-corrected chi connectivity index (χ0v) is 10.5. The number of aromatic hydroxyl groups is 1. The Hall–Kier alpha value is -1.81. The number of nitrogens with one attached hydrogen (secondary N) is 1. The molecule has 0 aliphatic rings. The second-order valence-electron chi connectivity index (χ2n) is 3.87. The van der Waals surface area contributed by atoms with Gasteiger partial charge in [-0.15, -0.1) is 11.3 Å². The van der Waals surface area contributed by atoms with E-state index in [1.807, 2.05) is 19.9 Å². The van der Waals surface area contributed by atoms with Gasteiger partial charge in [-0.1, -0.05) is 6.07 Å². The number of phenolic OH excluding ortho intramolecular Hbond substituents is 1. The molecule has 0 atom stereocenters. The maximum absolute atomic E-state index is 11.8. The first-order valence-corrected chi connectivity index (χ1v) is 6.05. The van der Waals surface area contributed by atoms with Crippen molar-refractivity contribution in [3.8, 4) is 5.75 Å². The van der Waals surface area contributed by atoms with Gasteiger partial charge in [-0.05, 0) is 37.6 Å². The van der Waals surface area contributed by atoms with Crippen LogP contribution in [-0.4, -0.2) is 11.0 Å². The highest BCUT2D eigenvalue weighted by molar-refractivity contribution is 7.14. The molecule has 3 nitrogen and oxygen atoms in total. The standard InChI is InChI=1S/C13H13NO2S/c1-8-3-5-10(7-11(8)15)14-13(16)12-6-4-9(2)17-12/h3-7,15H,1-2H3,(H,14,16). The zero-order valence-electron chi connectivity index (χ0n) is 9.65. The van der Waals surface area contributed by atoms with E-state index in [1.54, 1.807) is 24.3 Å². The quantitative estimate of drug-likeness (QED) is 0.855. The molecule has 0 saturated heterocycles. The Morgan fingerprint density at radius 2 is 2.00 bits per heavy atom. The number of benzene rings is 1. The summed E-state index contributed by atoms with van der Waals surface area (Å²) in [6.07, 6.45) is 0. The number of aryl methyl sites for hydroxylation is 2. The summed E-state index contributed by atoms with van der Waals surface area (Å²) in [5.74, 6) is 0.0384. The Balaban J connectivity index is 2.15. The van der Waals surface area contributed by atoms with E-state index in [2.05, 4.69) is 5.32 Å². The fourth-order valence-corrected chi connectivity index (χ4v) is 2.20. The van der Waals surface area contributed by atoms with Crippen molar-refractivity contribution < 1.29 is 9.90 Å². The number of anilines is 1. The van der Waals surface area contributed by atoms with E-state index in [1.165, 1.54) is 11.3 Å². The number of thiophene rings is 1. The summed E-state index contributed by atoms with van der Waals surface area (Å²) >= 11 is 1.45. The highest BCUT2D eigenvalue weighted by Crippen LogP contribution is 2.22. The van der Waals surface area contributed by atoms with Gasteiger partial charge in [0.1, 0.15) is 5.75 Å². The SMILES string of the molecule is Cc1ccc(C(=O)Nc2ccc(C)c(O)c2)s1. The van der Waals surface area contributed by atoms with Crippen molar-refractivity contribution in [1.82, 2.24) is 0 Å². The van der Waals surface area contributed by atoms with Crippen LogP contribution < -0.4 is 5.32 Å². The molecule has 2 aromatic rings. The third-order valence-electron chi connectivity index (χ3n) is 2.43. The summed E-state index contributed by atoms with van der Waals surface area (Å²) in [4.78, 5) is 13.6. The summed E-state index contributed by atoms with van der Waals surface area (Å²) in [6, 6.07) is 8.79. The van der Waals surface area contributed by atoms with Crippen LogP contribution >= 0.6 is 11.3 Å². The second kappa shape index (κ2) is 4.59. The molecular formula is C13H13NO2S. The van der Waals surface area contributed by atoms with Crippen LogP contribution in [0.3, 0.4) is 0 Å². The first-order valence-electron chi connectivity index (χ1n) is 5.23. The third kappa shape index (κ3) is 2.65. The largest absolute Gasteiger partial charge is 0.508 e. The van der Waals surface area contributed by atoms with E-state index in [9.17, 15) is 9.90 Å². The van der Waals surface area contributed by atoms with Gasteiger partial charge in [0.25, 0.3) is 5.91 Å². The smallest absolute Gasteiger partial charge is 0.265 e. The lowest BCUT2D eigenvalue weighted by atomic mass is 10.2. The minimum Gasteiger partial charge on any atom is -0.508 e. The second-order valence-corrected chi connectivity index (χ2v) is 5.15. The molecule has 0 aliphatic heterocycles. The molecular weight excluding hydrogens is 234 g/mol. The van der Waals surface area contributed by atoms with E-state index >= 15 is 0 Å². The minimum absolute atomic E-state index is 0.147. The molecule has 0 saturated carbocycles. The number of carbonyl (C=O) groups excluding carboxylic acids is 1. The van der Waals surface area contributed by atoms with Crippen molar-refractivity contribution in [2.24, 2.45) is 0 Å². The van der Waals surface area contributed by atoms with Gasteiger partial charge >= 0.3 is 0 Å². The van der Waals surface area contributed by atoms with Gasteiger partial charge < -0.3 is 10.4 Å². The Morgan fingerprint density at radius 3 is 2.59 bits per heavy atom. The molecule has 0 fully saturated rings. The van der Waals surface area contributed by atoms with Crippen molar-refractivity contribution in [1.29, 1.82) is 0 Å². The summed E-state index contributed by atoms with van der Waals surface area (Å²) in [5.41, 5.74) is 1.39. The monoisotopic (exact) mass is 247 g/mol. The summed E-state index contributed by atoms with van der Waals surface area (Å²) < 4.78 is 0. The van der Waals surface area contributed by atoms with Crippen molar-refractivity contribution in [2.45, 2.75) is 13.8 Å². The fraction of sp³-hybridized carbons (Fsp3) is 0.154. The van der Waals surface area contributed by atoms with Crippen LogP contribution in [0, 0.1) is 13.8 Å². The molecule has 2 rings (SSSR count). The number of amides is 1. The summed E-state index contributed by atoms with van der Waals surface area (Å²) in [7, 11) is 0. The lowest BCUT2D eigenvalue weighted by Gasteiger charge is -2.05. The van der Waals surface area contributed by atoms with Gasteiger partial charge in [-0.25, -0.2) is 0 Å². The minimum atomic E-state index is -0.147. The molecule has 0 spiro atoms. The van der Waals surface area contributed by atoms with E-state index in [0.29, 0.717) is 10.6 Å². The molecule has 2 N–H and O–H groups in total. The maximum Gasteiger partial charge on any atom is 0.265 e. The van der Waals surface area contributed by atoms with E-state index in [4.69, 9.17) is 0 Å². The third-order valence-corrected chi connectivity index (χ3v) is 3.43. The Labute approximate surface area is 104 Å². The average Bonchev–Trinajstić information content (AvgIpc) is 2.70. The highest BCUT2D eigenvalue weighted by Gasteiger charge is 2.08. The van der Waals surface area contributed by atoms with E-state index in [0.717, 1.165) is 10.4 Å². The Bertz CT molecular complexity index is 560. The molecule has 1 heterocycles. The van der Waals surface area contributed by atoms with Crippen LogP contribution in [0.4, 0.5) is 5.69 Å². The molecule has 4 heteroatoms. The molecule has 0 radical (unpaired) electrons. The lowest BCUT2D eigenvalue weighted by molar-refractivity contribution is 0.103. The van der Waals surface area contributed by atoms with Gasteiger partial charge in [0.05, 0.1) is 4.88 Å².